The lowest BCUT2D eigenvalue weighted by Crippen LogP contribution is -2.09. The second-order valence-electron chi connectivity index (χ2n) is 16.9. The number of nitriles is 3. The van der Waals surface area contributed by atoms with Gasteiger partial charge in [-0.15, -0.1) is 0 Å². The fraction of sp³-hybridized carbons (Fsp3) is 0.0161. The average molecular weight is 897 g/mol. The van der Waals surface area contributed by atoms with Gasteiger partial charge in [0.1, 0.15) is 6.07 Å². The van der Waals surface area contributed by atoms with Crippen molar-refractivity contribution in [2.75, 3.05) is 9.80 Å². The lowest BCUT2D eigenvalue weighted by molar-refractivity contribution is 1.15. The van der Waals surface area contributed by atoms with Crippen molar-refractivity contribution in [2.45, 2.75) is 6.92 Å². The summed E-state index contributed by atoms with van der Waals surface area (Å²) < 4.78 is 2.10. The Hall–Kier alpha value is -10.1. The number of aryl methyl sites for hydroxylation is 1. The van der Waals surface area contributed by atoms with Crippen LogP contribution in [0, 0.1) is 40.9 Å². The van der Waals surface area contributed by atoms with Crippen LogP contribution in [0.5, 0.6) is 0 Å². The Labute approximate surface area is 405 Å². The summed E-state index contributed by atoms with van der Waals surface area (Å²) in [6.07, 6.45) is 0. The molecule has 0 spiro atoms. The van der Waals surface area contributed by atoms with Crippen molar-refractivity contribution in [1.82, 2.24) is 14.5 Å². The Morgan fingerprint density at radius 1 is 0.400 bits per heavy atom. The molecule has 0 unspecified atom stereocenters. The molecule has 8 heteroatoms. The van der Waals surface area contributed by atoms with Crippen LogP contribution in [0.1, 0.15) is 22.3 Å². The molecule has 11 aromatic rings. The summed E-state index contributed by atoms with van der Waals surface area (Å²) in [5.41, 5.74) is 13.6. The van der Waals surface area contributed by atoms with Crippen molar-refractivity contribution < 1.29 is 0 Å². The third-order valence-corrected chi connectivity index (χ3v) is 12.5. The number of aromatic nitrogens is 3. The van der Waals surface area contributed by atoms with E-state index in [4.69, 9.17) is 9.97 Å². The van der Waals surface area contributed by atoms with Gasteiger partial charge in [-0.3, -0.25) is 0 Å². The Morgan fingerprint density at radius 2 is 0.900 bits per heavy atom. The van der Waals surface area contributed by atoms with Gasteiger partial charge in [-0.25, -0.2) is 9.97 Å². The topological polar surface area (TPSA) is 109 Å². The fourth-order valence-corrected chi connectivity index (χ4v) is 9.30. The summed E-state index contributed by atoms with van der Waals surface area (Å²) in [6, 6.07) is 82.0. The maximum absolute atomic E-state index is 11.2. The molecule has 0 amide bonds. The predicted molar refractivity (Wildman–Crippen MR) is 281 cm³/mol. The first-order valence-electron chi connectivity index (χ1n) is 22.8. The molecule has 8 nitrogen and oxygen atoms in total. The maximum atomic E-state index is 11.2. The van der Waals surface area contributed by atoms with Gasteiger partial charge in [-0.05, 0) is 128 Å². The van der Waals surface area contributed by atoms with Gasteiger partial charge in [-0.2, -0.15) is 15.8 Å². The second-order valence-corrected chi connectivity index (χ2v) is 16.9. The summed E-state index contributed by atoms with van der Waals surface area (Å²) in [4.78, 5) is 14.5. The zero-order chi connectivity index (χ0) is 47.6. The van der Waals surface area contributed by atoms with Crippen molar-refractivity contribution >= 4 is 55.9 Å². The molecule has 0 bridgehead atoms. The van der Waals surface area contributed by atoms with E-state index in [2.05, 4.69) is 118 Å². The van der Waals surface area contributed by atoms with Crippen LogP contribution in [0.15, 0.2) is 224 Å². The standard InChI is InChI=1S/C62H40N8/c1-42-16-14-18-44(32-42)57-38-58(67-62(66-57)45-19-15-17-43(33-45)39-63)54-34-47(41-65)61(35-46(54)40-64)70-59-30-28-52(68(48-20-6-2-7-21-48)49-22-8-3-9-23-49)36-55(59)56-37-53(29-31-60(56)70)69(50-24-10-4-11-25-50)51-26-12-5-13-27-51/h2-38H,1H3. The predicted octanol–water partition coefficient (Wildman–Crippen LogP) is 15.4. The first kappa shape index (κ1) is 42.6. The molecule has 2 aromatic heterocycles. The fourth-order valence-electron chi connectivity index (χ4n) is 9.30. The number of anilines is 6. The molecule has 0 aliphatic rings. The largest absolute Gasteiger partial charge is 0.310 e. The molecule has 328 valence electrons. The third-order valence-electron chi connectivity index (χ3n) is 12.5. The second kappa shape index (κ2) is 18.3. The highest BCUT2D eigenvalue weighted by atomic mass is 15.1. The van der Waals surface area contributed by atoms with Crippen molar-refractivity contribution in [1.29, 1.82) is 15.8 Å². The van der Waals surface area contributed by atoms with Crippen LogP contribution < -0.4 is 9.80 Å². The molecule has 0 saturated heterocycles. The van der Waals surface area contributed by atoms with E-state index < -0.39 is 0 Å². The molecule has 0 aliphatic heterocycles. The third kappa shape index (κ3) is 7.92. The van der Waals surface area contributed by atoms with Gasteiger partial charge in [0.2, 0.25) is 0 Å². The minimum atomic E-state index is 0.335. The first-order chi connectivity index (χ1) is 34.5. The van der Waals surface area contributed by atoms with Gasteiger partial charge in [0.15, 0.2) is 5.82 Å². The normalized spacial score (nSPS) is 10.9. The average Bonchev–Trinajstić information content (AvgIpc) is 3.74. The molecule has 0 saturated carbocycles. The molecule has 0 N–H and O–H groups in total. The van der Waals surface area contributed by atoms with E-state index in [0.29, 0.717) is 50.7 Å². The summed E-state index contributed by atoms with van der Waals surface area (Å²) >= 11 is 0. The highest BCUT2D eigenvalue weighted by molar-refractivity contribution is 6.12. The molecule has 70 heavy (non-hydrogen) atoms. The van der Waals surface area contributed by atoms with Crippen molar-refractivity contribution in [3.05, 3.63) is 247 Å². The van der Waals surface area contributed by atoms with Gasteiger partial charge in [-0.1, -0.05) is 109 Å². The monoisotopic (exact) mass is 896 g/mol. The molecule has 0 fully saturated rings. The molecule has 0 atom stereocenters. The van der Waals surface area contributed by atoms with Crippen molar-refractivity contribution in [3.8, 4) is 57.8 Å². The van der Waals surface area contributed by atoms with Crippen molar-refractivity contribution in [2.24, 2.45) is 0 Å². The van der Waals surface area contributed by atoms with Crippen molar-refractivity contribution in [3.63, 3.8) is 0 Å². The Balaban J connectivity index is 1.15. The van der Waals surface area contributed by atoms with Gasteiger partial charge < -0.3 is 14.4 Å². The van der Waals surface area contributed by atoms with Gasteiger partial charge in [0.25, 0.3) is 0 Å². The van der Waals surface area contributed by atoms with Gasteiger partial charge in [0.05, 0.1) is 56.9 Å². The van der Waals surface area contributed by atoms with Crippen LogP contribution in [-0.2, 0) is 0 Å². The number of nitrogens with zero attached hydrogens (tertiary/aromatic N) is 8. The first-order valence-corrected chi connectivity index (χ1v) is 22.8. The molecule has 2 heterocycles. The highest BCUT2D eigenvalue weighted by Gasteiger charge is 2.23. The lowest BCUT2D eigenvalue weighted by atomic mass is 9.98. The van der Waals surface area contributed by atoms with E-state index in [1.54, 1.807) is 30.3 Å². The van der Waals surface area contributed by atoms with E-state index in [9.17, 15) is 15.8 Å². The number of hydrogen-bond donors (Lipinski definition) is 0. The quantitative estimate of drug-likeness (QED) is 0.134. The van der Waals surface area contributed by atoms with Crippen LogP contribution in [0.3, 0.4) is 0 Å². The summed E-state index contributed by atoms with van der Waals surface area (Å²) in [6.45, 7) is 2.02. The molecule has 11 rings (SSSR count). The summed E-state index contributed by atoms with van der Waals surface area (Å²) in [7, 11) is 0. The molecular formula is C62H40N8. The number of rotatable bonds is 10. The van der Waals surface area contributed by atoms with E-state index in [1.165, 1.54) is 0 Å². The SMILES string of the molecule is Cc1cccc(-c2cc(-c3cc(C#N)c(-n4c5ccc(N(c6ccccc6)c6ccccc6)cc5c5cc(N(c6ccccc6)c6ccccc6)ccc54)cc3C#N)nc(-c3cccc(C#N)c3)n2)c1. The van der Waals surface area contributed by atoms with E-state index >= 15 is 0 Å². The zero-order valence-corrected chi connectivity index (χ0v) is 37.9. The smallest absolute Gasteiger partial charge is 0.160 e. The van der Waals surface area contributed by atoms with Crippen LogP contribution in [0.4, 0.5) is 34.1 Å². The summed E-state index contributed by atoms with van der Waals surface area (Å²) in [5, 5.41) is 33.9. The number of fused-ring (bicyclic) bond motifs is 3. The molecule has 0 radical (unpaired) electrons. The minimum absolute atomic E-state index is 0.335. The van der Waals surface area contributed by atoms with Crippen LogP contribution in [0.2, 0.25) is 0 Å². The Kier molecular flexibility index (Phi) is 11.1. The molecule has 9 aromatic carbocycles. The van der Waals surface area contributed by atoms with E-state index in [0.717, 1.165) is 67.1 Å². The van der Waals surface area contributed by atoms with E-state index in [1.807, 2.05) is 116 Å². The maximum Gasteiger partial charge on any atom is 0.160 e. The Morgan fingerprint density at radius 3 is 1.40 bits per heavy atom. The van der Waals surface area contributed by atoms with E-state index in [-0.39, 0.29) is 0 Å². The number of hydrogen-bond acceptors (Lipinski definition) is 7. The number of para-hydroxylation sites is 4. The van der Waals surface area contributed by atoms with Gasteiger partial charge in [0, 0.05) is 61.6 Å². The molecule has 0 aliphatic carbocycles. The zero-order valence-electron chi connectivity index (χ0n) is 37.9. The lowest BCUT2D eigenvalue weighted by Gasteiger charge is -2.26. The minimum Gasteiger partial charge on any atom is -0.310 e. The highest BCUT2D eigenvalue weighted by Crippen LogP contribution is 2.44. The Bertz CT molecular complexity index is 3660. The van der Waals surface area contributed by atoms with Crippen LogP contribution in [0.25, 0.3) is 61.4 Å². The van der Waals surface area contributed by atoms with Crippen LogP contribution in [-0.4, -0.2) is 14.5 Å². The number of benzene rings is 9. The summed E-state index contributed by atoms with van der Waals surface area (Å²) in [5.74, 6) is 0.395. The molecular weight excluding hydrogens is 857 g/mol. The van der Waals surface area contributed by atoms with Crippen LogP contribution >= 0.6 is 0 Å². The van der Waals surface area contributed by atoms with Gasteiger partial charge >= 0.3 is 0 Å².